The monoisotopic (exact) mass is 346 g/mol. The lowest BCUT2D eigenvalue weighted by Crippen LogP contribution is -2.19. The fourth-order valence-corrected chi connectivity index (χ4v) is 2.84. The van der Waals surface area contributed by atoms with Crippen LogP contribution in [0.15, 0.2) is 17.0 Å². The Morgan fingerprint density at radius 3 is 2.29 bits per heavy atom. The van der Waals surface area contributed by atoms with Gasteiger partial charge in [-0.05, 0) is 37.1 Å². The first kappa shape index (κ1) is 18.1. The average Bonchev–Trinajstić information content (AvgIpc) is 2.29. The standard InChI is InChI=1S/C12H14ClF3O4S/c1-8-6-11(21(13,17)18)9(2)5-10(8)20-4-3-19-7-12(14,15)16/h5-6H,3-4,7H2,1-2H3. The van der Waals surface area contributed by atoms with Crippen LogP contribution in [0.5, 0.6) is 5.75 Å². The van der Waals surface area contributed by atoms with Crippen molar-refractivity contribution >= 4 is 19.7 Å². The van der Waals surface area contributed by atoms with E-state index in [4.69, 9.17) is 15.4 Å². The van der Waals surface area contributed by atoms with E-state index in [-0.39, 0.29) is 18.1 Å². The Labute approximate surface area is 125 Å². The molecule has 21 heavy (non-hydrogen) atoms. The number of halogens is 4. The molecule has 0 aliphatic heterocycles. The molecule has 0 bridgehead atoms. The minimum atomic E-state index is -4.37. The molecule has 0 spiro atoms. The highest BCUT2D eigenvalue weighted by Crippen LogP contribution is 2.27. The molecule has 0 N–H and O–H groups in total. The molecule has 0 fully saturated rings. The van der Waals surface area contributed by atoms with Crippen LogP contribution in [-0.4, -0.2) is 34.4 Å². The van der Waals surface area contributed by atoms with Gasteiger partial charge in [-0.25, -0.2) is 8.42 Å². The van der Waals surface area contributed by atoms with Crippen LogP contribution in [0.3, 0.4) is 0 Å². The van der Waals surface area contributed by atoms with Gasteiger partial charge in [0.05, 0.1) is 11.5 Å². The van der Waals surface area contributed by atoms with Crippen molar-refractivity contribution in [2.75, 3.05) is 19.8 Å². The van der Waals surface area contributed by atoms with E-state index in [2.05, 4.69) is 4.74 Å². The third-order valence-electron chi connectivity index (χ3n) is 2.49. The van der Waals surface area contributed by atoms with Crippen molar-refractivity contribution in [2.45, 2.75) is 24.9 Å². The summed E-state index contributed by atoms with van der Waals surface area (Å²) in [5.41, 5.74) is 0.900. The number of ether oxygens (including phenoxy) is 2. The summed E-state index contributed by atoms with van der Waals surface area (Å²) in [6.07, 6.45) is -4.37. The van der Waals surface area contributed by atoms with Gasteiger partial charge in [-0.15, -0.1) is 0 Å². The second kappa shape index (κ2) is 6.85. The highest BCUT2D eigenvalue weighted by Gasteiger charge is 2.27. The number of alkyl halides is 3. The van der Waals surface area contributed by atoms with Crippen molar-refractivity contribution in [3.63, 3.8) is 0 Å². The van der Waals surface area contributed by atoms with Crippen molar-refractivity contribution < 1.29 is 31.1 Å². The van der Waals surface area contributed by atoms with E-state index < -0.39 is 21.8 Å². The molecule has 0 saturated heterocycles. The maximum absolute atomic E-state index is 11.8. The maximum Gasteiger partial charge on any atom is 0.411 e. The number of rotatable bonds is 6. The first-order valence-electron chi connectivity index (χ1n) is 5.84. The zero-order valence-corrected chi connectivity index (χ0v) is 12.9. The lowest BCUT2D eigenvalue weighted by Gasteiger charge is -2.13. The maximum atomic E-state index is 11.8. The molecule has 4 nitrogen and oxygen atoms in total. The molecule has 9 heteroatoms. The molecule has 0 aromatic heterocycles. The molecule has 0 amide bonds. The van der Waals surface area contributed by atoms with E-state index >= 15 is 0 Å². The Bertz CT molecular complexity index is 599. The van der Waals surface area contributed by atoms with Crippen LogP contribution in [-0.2, 0) is 13.8 Å². The van der Waals surface area contributed by atoms with Crippen LogP contribution in [0.2, 0.25) is 0 Å². The van der Waals surface area contributed by atoms with Crippen molar-refractivity contribution in [1.29, 1.82) is 0 Å². The molecule has 120 valence electrons. The van der Waals surface area contributed by atoms with Gasteiger partial charge in [0.15, 0.2) is 0 Å². The van der Waals surface area contributed by atoms with Crippen LogP contribution < -0.4 is 4.74 Å². The topological polar surface area (TPSA) is 52.6 Å². The fraction of sp³-hybridized carbons (Fsp3) is 0.500. The lowest BCUT2D eigenvalue weighted by atomic mass is 10.1. The van der Waals surface area contributed by atoms with Gasteiger partial charge in [-0.2, -0.15) is 13.2 Å². The highest BCUT2D eigenvalue weighted by molar-refractivity contribution is 8.13. The summed E-state index contributed by atoms with van der Waals surface area (Å²) in [6, 6.07) is 2.82. The molecule has 0 radical (unpaired) electrons. The fourth-order valence-electron chi connectivity index (χ4n) is 1.58. The summed E-state index contributed by atoms with van der Waals surface area (Å²) < 4.78 is 67.8. The minimum Gasteiger partial charge on any atom is -0.491 e. The summed E-state index contributed by atoms with van der Waals surface area (Å²) in [5, 5.41) is 0. The first-order chi connectivity index (χ1) is 9.50. The van der Waals surface area contributed by atoms with Gasteiger partial charge in [0.1, 0.15) is 19.0 Å². The number of benzene rings is 1. The Hall–Kier alpha value is -0.990. The number of hydrogen-bond donors (Lipinski definition) is 0. The predicted molar refractivity (Wildman–Crippen MR) is 71.3 cm³/mol. The quantitative estimate of drug-likeness (QED) is 0.586. The van der Waals surface area contributed by atoms with Gasteiger partial charge in [0.2, 0.25) is 0 Å². The van der Waals surface area contributed by atoms with Crippen molar-refractivity contribution in [2.24, 2.45) is 0 Å². The summed E-state index contributed by atoms with van der Waals surface area (Å²) in [5.74, 6) is 0.368. The zero-order chi connectivity index (χ0) is 16.3. The Balaban J connectivity index is 2.64. The van der Waals surface area contributed by atoms with Gasteiger partial charge in [-0.3, -0.25) is 0 Å². The van der Waals surface area contributed by atoms with E-state index in [1.807, 2.05) is 0 Å². The van der Waals surface area contributed by atoms with Crippen LogP contribution in [0.1, 0.15) is 11.1 Å². The molecular formula is C12H14ClF3O4S. The molecule has 0 aliphatic carbocycles. The molecule has 1 aromatic carbocycles. The SMILES string of the molecule is Cc1cc(S(=O)(=O)Cl)c(C)cc1OCCOCC(F)(F)F. The van der Waals surface area contributed by atoms with Crippen LogP contribution in [0.25, 0.3) is 0 Å². The summed E-state index contributed by atoms with van der Waals surface area (Å²) >= 11 is 0. The third kappa shape index (κ3) is 6.11. The molecular weight excluding hydrogens is 333 g/mol. The van der Waals surface area contributed by atoms with E-state index in [1.165, 1.54) is 12.1 Å². The first-order valence-corrected chi connectivity index (χ1v) is 8.15. The van der Waals surface area contributed by atoms with Crippen LogP contribution >= 0.6 is 10.7 Å². The Morgan fingerprint density at radius 1 is 1.14 bits per heavy atom. The largest absolute Gasteiger partial charge is 0.491 e. The molecule has 0 aliphatic rings. The lowest BCUT2D eigenvalue weighted by molar-refractivity contribution is -0.175. The third-order valence-corrected chi connectivity index (χ3v) is 3.95. The molecule has 1 aromatic rings. The molecule has 0 saturated carbocycles. The normalized spacial score (nSPS) is 12.5. The molecule has 1 rings (SSSR count). The number of aryl methyl sites for hydroxylation is 2. The van der Waals surface area contributed by atoms with Gasteiger partial charge in [0.25, 0.3) is 9.05 Å². The van der Waals surface area contributed by atoms with E-state index in [0.717, 1.165) is 0 Å². The number of hydrogen-bond acceptors (Lipinski definition) is 4. The minimum absolute atomic E-state index is 0.0256. The zero-order valence-electron chi connectivity index (χ0n) is 11.3. The molecule has 0 heterocycles. The van der Waals surface area contributed by atoms with Gasteiger partial charge in [0, 0.05) is 10.7 Å². The van der Waals surface area contributed by atoms with Gasteiger partial charge < -0.3 is 9.47 Å². The van der Waals surface area contributed by atoms with E-state index in [0.29, 0.717) is 16.9 Å². The smallest absolute Gasteiger partial charge is 0.411 e. The Morgan fingerprint density at radius 2 is 1.76 bits per heavy atom. The predicted octanol–water partition coefficient (Wildman–Crippen LogP) is 3.19. The summed E-state index contributed by atoms with van der Waals surface area (Å²) in [7, 11) is 1.43. The summed E-state index contributed by atoms with van der Waals surface area (Å²) in [6.45, 7) is 1.51. The van der Waals surface area contributed by atoms with Crippen molar-refractivity contribution in [3.8, 4) is 5.75 Å². The van der Waals surface area contributed by atoms with Gasteiger partial charge in [-0.1, -0.05) is 0 Å². The Kier molecular flexibility index (Phi) is 5.89. The van der Waals surface area contributed by atoms with Crippen molar-refractivity contribution in [3.05, 3.63) is 23.3 Å². The van der Waals surface area contributed by atoms with E-state index in [9.17, 15) is 21.6 Å². The highest BCUT2D eigenvalue weighted by atomic mass is 35.7. The second-order valence-corrected chi connectivity index (χ2v) is 6.87. The second-order valence-electron chi connectivity index (χ2n) is 4.34. The molecule has 0 unspecified atom stereocenters. The van der Waals surface area contributed by atoms with E-state index in [1.54, 1.807) is 13.8 Å². The van der Waals surface area contributed by atoms with Gasteiger partial charge >= 0.3 is 6.18 Å². The van der Waals surface area contributed by atoms with Crippen LogP contribution in [0.4, 0.5) is 13.2 Å². The van der Waals surface area contributed by atoms with Crippen LogP contribution in [0, 0.1) is 13.8 Å². The average molecular weight is 347 g/mol. The molecule has 0 atom stereocenters. The summed E-state index contributed by atoms with van der Waals surface area (Å²) in [4.78, 5) is -0.0256. The van der Waals surface area contributed by atoms with Crippen molar-refractivity contribution in [1.82, 2.24) is 0 Å².